The molecule has 0 radical (unpaired) electrons. The number of rotatable bonds is 6. The number of Topliss-reactive ketones (excluding diaryl/α,β-unsaturated/α-hetero) is 1. The summed E-state index contributed by atoms with van der Waals surface area (Å²) in [5.41, 5.74) is 4.49. The van der Waals surface area contributed by atoms with Crippen molar-refractivity contribution in [2.75, 3.05) is 20.3 Å². The summed E-state index contributed by atoms with van der Waals surface area (Å²) in [5.74, 6) is -0.0960. The Kier molecular flexibility index (Phi) is 6.11. The molecule has 2 aromatic carbocycles. The van der Waals surface area contributed by atoms with Crippen LogP contribution in [0.5, 0.6) is 11.5 Å². The summed E-state index contributed by atoms with van der Waals surface area (Å²) < 4.78 is 17.4. The number of ketones is 1. The highest BCUT2D eigenvalue weighted by Gasteiger charge is 2.43. The van der Waals surface area contributed by atoms with Crippen molar-refractivity contribution in [3.05, 3.63) is 74.4 Å². The topological polar surface area (TPSA) is 73.9 Å². The van der Waals surface area contributed by atoms with Gasteiger partial charge in [0.05, 0.1) is 36.1 Å². The fraction of sp³-hybridized carbons (Fsp3) is 0.280. The van der Waals surface area contributed by atoms with Gasteiger partial charge in [0.25, 0.3) is 0 Å². The fourth-order valence-electron chi connectivity index (χ4n) is 4.33. The summed E-state index contributed by atoms with van der Waals surface area (Å²) in [6.45, 7) is 6.19. The molecule has 0 bridgehead atoms. The molecule has 0 aromatic heterocycles. The number of hydrogen-bond donors (Lipinski definition) is 1. The summed E-state index contributed by atoms with van der Waals surface area (Å²) in [6, 6.07) is 11.2. The number of carbonyl (C=O) groups excluding carboxylic acids is 2. The van der Waals surface area contributed by atoms with Crippen LogP contribution in [0.2, 0.25) is 0 Å². The van der Waals surface area contributed by atoms with Crippen LogP contribution in [0.4, 0.5) is 0 Å². The molecule has 2 aromatic rings. The Balaban J connectivity index is 1.95. The normalized spacial score (nSPS) is 17.0. The van der Waals surface area contributed by atoms with E-state index in [2.05, 4.69) is 21.2 Å². The first-order valence-corrected chi connectivity index (χ1v) is 11.3. The van der Waals surface area contributed by atoms with E-state index in [1.165, 1.54) is 0 Å². The van der Waals surface area contributed by atoms with Crippen LogP contribution in [0.3, 0.4) is 0 Å². The van der Waals surface area contributed by atoms with Crippen LogP contribution < -0.4 is 14.8 Å². The van der Waals surface area contributed by atoms with E-state index in [-0.39, 0.29) is 12.4 Å². The predicted molar refractivity (Wildman–Crippen MR) is 125 cm³/mol. The van der Waals surface area contributed by atoms with Crippen LogP contribution >= 0.6 is 15.9 Å². The zero-order valence-corrected chi connectivity index (χ0v) is 20.0. The maximum atomic E-state index is 13.5. The van der Waals surface area contributed by atoms with Crippen LogP contribution in [0, 0.1) is 0 Å². The summed E-state index contributed by atoms with van der Waals surface area (Å²) in [7, 11) is 1.56. The van der Waals surface area contributed by atoms with Crippen LogP contribution in [0.1, 0.15) is 48.2 Å². The van der Waals surface area contributed by atoms with Crippen molar-refractivity contribution >= 4 is 33.4 Å². The number of ether oxygens (including phenoxy) is 3. The molecule has 1 N–H and O–H groups in total. The molecule has 32 heavy (non-hydrogen) atoms. The molecule has 6 nitrogen and oxygen atoms in total. The number of fused-ring (bicyclic) bond motifs is 2. The van der Waals surface area contributed by atoms with E-state index in [0.717, 1.165) is 16.8 Å². The van der Waals surface area contributed by atoms with Crippen molar-refractivity contribution in [1.29, 1.82) is 0 Å². The number of carbonyl (C=O) groups is 2. The Morgan fingerprint density at radius 2 is 1.84 bits per heavy atom. The number of hydrogen-bond acceptors (Lipinski definition) is 6. The summed E-state index contributed by atoms with van der Waals surface area (Å²) in [5, 5.41) is 3.30. The third-order valence-electron chi connectivity index (χ3n) is 5.62. The van der Waals surface area contributed by atoms with Crippen molar-refractivity contribution in [3.8, 4) is 11.5 Å². The van der Waals surface area contributed by atoms with Gasteiger partial charge in [-0.15, -0.1) is 0 Å². The number of allylic oxidation sites excluding steroid dienone is 2. The number of nitrogens with one attached hydrogen (secondary N) is 1. The van der Waals surface area contributed by atoms with Gasteiger partial charge in [0.15, 0.2) is 17.3 Å². The van der Waals surface area contributed by atoms with Crippen LogP contribution in [-0.4, -0.2) is 32.1 Å². The minimum Gasteiger partial charge on any atom is -0.493 e. The second kappa shape index (κ2) is 8.82. The second-order valence-corrected chi connectivity index (χ2v) is 8.30. The molecule has 166 valence electrons. The van der Waals surface area contributed by atoms with Crippen molar-refractivity contribution in [2.45, 2.75) is 26.7 Å². The fourth-order valence-corrected chi connectivity index (χ4v) is 4.91. The Hall–Kier alpha value is -3.06. The van der Waals surface area contributed by atoms with E-state index in [4.69, 9.17) is 14.2 Å². The lowest BCUT2D eigenvalue weighted by Crippen LogP contribution is -2.29. The van der Waals surface area contributed by atoms with Gasteiger partial charge in [-0.1, -0.05) is 24.3 Å². The van der Waals surface area contributed by atoms with E-state index in [0.29, 0.717) is 45.0 Å². The van der Waals surface area contributed by atoms with Gasteiger partial charge in [-0.3, -0.25) is 4.79 Å². The van der Waals surface area contributed by atoms with Gasteiger partial charge in [-0.25, -0.2) is 4.79 Å². The van der Waals surface area contributed by atoms with Gasteiger partial charge in [0.1, 0.15) is 0 Å². The van der Waals surface area contributed by atoms with Crippen LogP contribution in [0.25, 0.3) is 5.70 Å². The average molecular weight is 498 g/mol. The molecule has 1 atom stereocenters. The molecule has 4 rings (SSSR count). The highest BCUT2D eigenvalue weighted by atomic mass is 79.9. The zero-order chi connectivity index (χ0) is 23.0. The number of halogens is 1. The molecule has 0 unspecified atom stereocenters. The lowest BCUT2D eigenvalue weighted by atomic mass is 9.79. The standard InChI is InChI=1S/C25H24BrNO5/c1-5-31-24-17(26)11-14(12-18(24)30-4)20-19(25(29)32-6-2)13(3)27-22-15-9-7-8-10-16(15)23(28)21(20)22/h7-12,20,27H,5-6H2,1-4H3/t20-/m1/s1. The number of benzene rings is 2. The highest BCUT2D eigenvalue weighted by molar-refractivity contribution is 9.10. The molecule has 1 heterocycles. The molecule has 1 aliphatic heterocycles. The van der Waals surface area contributed by atoms with Gasteiger partial charge >= 0.3 is 5.97 Å². The van der Waals surface area contributed by atoms with Gasteiger partial charge in [0, 0.05) is 28.3 Å². The smallest absolute Gasteiger partial charge is 0.336 e. The molecular formula is C25H24BrNO5. The van der Waals surface area contributed by atoms with Gasteiger partial charge in [0.2, 0.25) is 0 Å². The zero-order valence-electron chi connectivity index (χ0n) is 18.4. The number of dihydropyridines is 1. The first-order chi connectivity index (χ1) is 15.4. The lowest BCUT2D eigenvalue weighted by Gasteiger charge is -2.29. The van der Waals surface area contributed by atoms with E-state index in [1.54, 1.807) is 14.0 Å². The van der Waals surface area contributed by atoms with Gasteiger partial charge in [-0.2, -0.15) is 0 Å². The molecule has 7 heteroatoms. The van der Waals surface area contributed by atoms with Crippen molar-refractivity contribution in [3.63, 3.8) is 0 Å². The molecule has 0 fully saturated rings. The van der Waals surface area contributed by atoms with E-state index in [9.17, 15) is 9.59 Å². The van der Waals surface area contributed by atoms with E-state index in [1.807, 2.05) is 50.2 Å². The number of methoxy groups -OCH3 is 1. The van der Waals surface area contributed by atoms with Gasteiger partial charge < -0.3 is 19.5 Å². The molecule has 0 amide bonds. The molecule has 1 aliphatic carbocycles. The predicted octanol–water partition coefficient (Wildman–Crippen LogP) is 4.99. The largest absolute Gasteiger partial charge is 0.493 e. The molecule has 2 aliphatic rings. The summed E-state index contributed by atoms with van der Waals surface area (Å²) in [6.07, 6.45) is 0. The molecule has 0 saturated carbocycles. The Labute approximate surface area is 195 Å². The maximum Gasteiger partial charge on any atom is 0.336 e. The van der Waals surface area contributed by atoms with Gasteiger partial charge in [-0.05, 0) is 54.4 Å². The Bertz CT molecular complexity index is 1180. The number of esters is 1. The summed E-state index contributed by atoms with van der Waals surface area (Å²) in [4.78, 5) is 26.6. The SMILES string of the molecule is CCOC(=O)C1=C(C)NC2=C(C(=O)c3ccccc32)[C@@H]1c1cc(Br)c(OCC)c(OC)c1. The Morgan fingerprint density at radius 3 is 2.50 bits per heavy atom. The molecular weight excluding hydrogens is 474 g/mol. The van der Waals surface area contributed by atoms with Crippen molar-refractivity contribution < 1.29 is 23.8 Å². The second-order valence-electron chi connectivity index (χ2n) is 7.45. The Morgan fingerprint density at radius 1 is 1.12 bits per heavy atom. The van der Waals surface area contributed by atoms with Crippen LogP contribution in [-0.2, 0) is 9.53 Å². The first kappa shape index (κ1) is 22.1. The monoisotopic (exact) mass is 497 g/mol. The lowest BCUT2D eigenvalue weighted by molar-refractivity contribution is -0.138. The summed E-state index contributed by atoms with van der Waals surface area (Å²) >= 11 is 3.57. The van der Waals surface area contributed by atoms with Crippen LogP contribution in [0.15, 0.2) is 57.7 Å². The minimum atomic E-state index is -0.619. The van der Waals surface area contributed by atoms with Crippen molar-refractivity contribution in [1.82, 2.24) is 5.32 Å². The third-order valence-corrected chi connectivity index (χ3v) is 6.21. The van der Waals surface area contributed by atoms with Crippen molar-refractivity contribution in [2.24, 2.45) is 0 Å². The molecule has 0 spiro atoms. The van der Waals surface area contributed by atoms with E-state index < -0.39 is 11.9 Å². The first-order valence-electron chi connectivity index (χ1n) is 10.5. The average Bonchev–Trinajstić information content (AvgIpc) is 3.06. The minimum absolute atomic E-state index is 0.105. The maximum absolute atomic E-state index is 13.5. The highest BCUT2D eigenvalue weighted by Crippen LogP contribution is 2.49. The third kappa shape index (κ3) is 3.50. The quantitative estimate of drug-likeness (QED) is 0.566. The van der Waals surface area contributed by atoms with E-state index >= 15 is 0 Å². The molecule has 0 saturated heterocycles.